The molecule has 0 aromatic carbocycles. The molecule has 0 atom stereocenters. The molecule has 41 heavy (non-hydrogen) atoms. The summed E-state index contributed by atoms with van der Waals surface area (Å²) >= 11 is 0. The smallest absolute Gasteiger partial charge is 0.444 e. The van der Waals surface area contributed by atoms with E-state index in [0.29, 0.717) is 11.4 Å². The van der Waals surface area contributed by atoms with Crippen molar-refractivity contribution < 1.29 is 53.2 Å². The largest absolute Gasteiger partial charge is 2.00 e. The van der Waals surface area contributed by atoms with E-state index in [1.807, 2.05) is 54.6 Å². The summed E-state index contributed by atoms with van der Waals surface area (Å²) in [7, 11) is -4.94. The molecule has 0 unspecified atom stereocenters. The van der Waals surface area contributed by atoms with Crippen LogP contribution < -0.4 is 18.6 Å². The quantitative estimate of drug-likeness (QED) is 0.110. The third-order valence-corrected chi connectivity index (χ3v) is 4.40. The van der Waals surface area contributed by atoms with Gasteiger partial charge in [0, 0.05) is 24.8 Å². The molecule has 0 aliphatic carbocycles. The van der Waals surface area contributed by atoms with Gasteiger partial charge in [-0.1, -0.05) is 30.3 Å². The van der Waals surface area contributed by atoms with E-state index in [-0.39, 0.29) is 25.3 Å². The van der Waals surface area contributed by atoms with Gasteiger partial charge < -0.3 is 10.1 Å². The number of pyridine rings is 5. The van der Waals surface area contributed by atoms with Gasteiger partial charge in [0.05, 0.1) is 22.8 Å². The van der Waals surface area contributed by atoms with Gasteiger partial charge in [-0.05, 0) is 60.7 Å². The number of ketones is 1. The first-order chi connectivity index (χ1) is 19.2. The molecule has 0 aliphatic heterocycles. The number of hydrogen-bond acceptors (Lipinski definition) is 13. The van der Waals surface area contributed by atoms with Crippen molar-refractivity contribution in [1.29, 1.82) is 0 Å². The molecular weight excluding hydrogens is 645 g/mol. The molecule has 5 aromatic heterocycles. The molecule has 0 radical (unpaired) electrons. The van der Waals surface area contributed by atoms with Crippen LogP contribution in [-0.2, 0) is 19.5 Å². The van der Waals surface area contributed by atoms with Gasteiger partial charge in [0.25, 0.3) is 0 Å². The Balaban J connectivity index is 0.000000326. The van der Waals surface area contributed by atoms with Crippen LogP contribution in [0.5, 0.6) is 0 Å². The molecule has 5 rings (SSSR count). The molecule has 0 saturated carbocycles. The maximum atomic E-state index is 11.7. The Hall–Kier alpha value is -4.43. The van der Waals surface area contributed by atoms with Gasteiger partial charge in [-0.2, -0.15) is 0 Å². The summed E-state index contributed by atoms with van der Waals surface area (Å²) in [5, 5.41) is 9.00. The maximum Gasteiger partial charge on any atom is 2.00 e. The fourth-order valence-electron chi connectivity index (χ4n) is 2.87. The summed E-state index contributed by atoms with van der Waals surface area (Å²) in [6.07, 6.45) is 6.72. The zero-order chi connectivity index (χ0) is 29.2. The summed E-state index contributed by atoms with van der Waals surface area (Å²) in [6.45, 7) is 0. The van der Waals surface area contributed by atoms with E-state index in [2.05, 4.69) is 24.9 Å². The Kier molecular flexibility index (Phi) is 15.9. The van der Waals surface area contributed by atoms with E-state index in [0.717, 1.165) is 28.1 Å². The molecule has 210 valence electrons. The van der Waals surface area contributed by atoms with Crippen molar-refractivity contribution in [3.8, 4) is 22.8 Å². The van der Waals surface area contributed by atoms with E-state index in [1.54, 1.807) is 61.2 Å². The van der Waals surface area contributed by atoms with Gasteiger partial charge in [-0.25, -0.2) is 23.6 Å². The predicted molar refractivity (Wildman–Crippen MR) is 132 cm³/mol. The summed E-state index contributed by atoms with van der Waals surface area (Å²) in [5.41, 5.74) is 4.31. The Morgan fingerprint density at radius 2 is 0.878 bits per heavy atom. The average molecular weight is 664 g/mol. The minimum Gasteiger partial charge on any atom is -0.444 e. The van der Waals surface area contributed by atoms with Gasteiger partial charge in [-0.15, -0.1) is 15.6 Å². The predicted octanol–water partition coefficient (Wildman–Crippen LogP) is 0.405. The van der Waals surface area contributed by atoms with Gasteiger partial charge in [0.2, 0.25) is 5.78 Å². The van der Waals surface area contributed by atoms with Crippen LogP contribution in [0, 0.1) is 20.4 Å². The molecule has 5 heterocycles. The zero-order valence-electron chi connectivity index (χ0n) is 20.7. The molecule has 13 nitrogen and oxygen atoms in total. The molecule has 0 bridgehead atoms. The number of carbonyl (C=O) groups excluding carboxylic acids is 1. The SMILES string of the molecule is O=C(c1ccccn1)c1ccccn1.O=N[O-].[O-][Cl+3]([O-])([O-])[O-].[Ru+2].c1ccc(-c2cccc(-c3ccccn3)n2)nc1. The second kappa shape index (κ2) is 18.8. The summed E-state index contributed by atoms with van der Waals surface area (Å²) in [6, 6.07) is 27.9. The van der Waals surface area contributed by atoms with Crippen LogP contribution in [0.25, 0.3) is 22.8 Å². The van der Waals surface area contributed by atoms with Gasteiger partial charge in [-0.3, -0.25) is 24.7 Å². The Morgan fingerprint density at radius 3 is 1.17 bits per heavy atom. The number of halogens is 1. The Morgan fingerprint density at radius 1 is 0.561 bits per heavy atom. The third kappa shape index (κ3) is 14.0. The zero-order valence-corrected chi connectivity index (χ0v) is 23.2. The van der Waals surface area contributed by atoms with E-state index >= 15 is 0 Å². The molecule has 0 amide bonds. The van der Waals surface area contributed by atoms with E-state index in [4.69, 9.17) is 28.8 Å². The first-order valence-corrected chi connectivity index (χ1v) is 12.2. The standard InChI is InChI=1S/C15H11N3.C11H8N2O.ClHO4.HNO2.Ru/c1-3-10-16-12(6-1)14-8-5-9-15(18-14)13-7-2-4-11-17-13;14-11(9-5-1-3-7-12-9)10-6-2-4-8-13-10;2-1(3,4)5;2-1-3;/h1-11H;1-8H;(H,2,3,4,5);(H,2,3);/q;;;;+2/p-2. The average Bonchev–Trinajstić information content (AvgIpc) is 2.99. The summed E-state index contributed by atoms with van der Waals surface area (Å²) in [4.78, 5) is 40.8. The normalized spacial score (nSPS) is 9.56. The Bertz CT molecular complexity index is 1330. The third-order valence-electron chi connectivity index (χ3n) is 4.40. The van der Waals surface area contributed by atoms with Crippen LogP contribution in [-0.4, -0.2) is 30.7 Å². The van der Waals surface area contributed by atoms with Crippen LogP contribution in [0.2, 0.25) is 0 Å². The van der Waals surface area contributed by atoms with Crippen molar-refractivity contribution in [3.63, 3.8) is 0 Å². The molecular formula is C26H19ClN6O7Ru. The number of aromatic nitrogens is 5. The molecule has 0 spiro atoms. The molecule has 0 aliphatic rings. The first kappa shape index (κ1) is 34.6. The molecule has 0 fully saturated rings. The monoisotopic (exact) mass is 664 g/mol. The van der Waals surface area contributed by atoms with Crippen LogP contribution in [0.15, 0.2) is 121 Å². The number of hydrogen-bond donors (Lipinski definition) is 0. The van der Waals surface area contributed by atoms with E-state index < -0.39 is 10.2 Å². The maximum absolute atomic E-state index is 11.7. The van der Waals surface area contributed by atoms with Crippen molar-refractivity contribution in [2.75, 3.05) is 0 Å². The van der Waals surface area contributed by atoms with Crippen molar-refractivity contribution >= 4 is 5.78 Å². The topological polar surface area (TPSA) is 226 Å². The van der Waals surface area contributed by atoms with Gasteiger partial charge >= 0.3 is 19.5 Å². The van der Waals surface area contributed by atoms with E-state index in [1.165, 1.54) is 0 Å². The van der Waals surface area contributed by atoms with Gasteiger partial charge in [0.1, 0.15) is 11.4 Å². The second-order valence-corrected chi connectivity index (χ2v) is 7.81. The molecule has 5 aromatic rings. The fourth-order valence-corrected chi connectivity index (χ4v) is 2.87. The molecule has 0 saturated heterocycles. The minimum atomic E-state index is -4.94. The van der Waals surface area contributed by atoms with Crippen molar-refractivity contribution in [2.45, 2.75) is 0 Å². The van der Waals surface area contributed by atoms with Crippen molar-refractivity contribution in [2.24, 2.45) is 5.34 Å². The number of rotatable bonds is 4. The minimum absolute atomic E-state index is 0. The second-order valence-electron chi connectivity index (χ2n) is 7.05. The summed E-state index contributed by atoms with van der Waals surface area (Å²) in [5.74, 6) is -0.147. The van der Waals surface area contributed by atoms with Crippen LogP contribution in [0.1, 0.15) is 16.2 Å². The number of carbonyl (C=O) groups is 1. The molecule has 15 heteroatoms. The number of nitrogens with zero attached hydrogens (tertiary/aromatic N) is 6. The van der Waals surface area contributed by atoms with Crippen LogP contribution in [0.3, 0.4) is 0 Å². The van der Waals surface area contributed by atoms with E-state index in [9.17, 15) is 4.79 Å². The summed E-state index contributed by atoms with van der Waals surface area (Å²) < 4.78 is 34.0. The van der Waals surface area contributed by atoms with Crippen molar-refractivity contribution in [1.82, 2.24) is 24.9 Å². The van der Waals surface area contributed by atoms with Crippen molar-refractivity contribution in [3.05, 3.63) is 137 Å². The molecule has 0 N–H and O–H groups in total. The van der Waals surface area contributed by atoms with Gasteiger partial charge in [0.15, 0.2) is 0 Å². The van der Waals surface area contributed by atoms with Crippen LogP contribution >= 0.6 is 0 Å². The van der Waals surface area contributed by atoms with Crippen LogP contribution in [0.4, 0.5) is 0 Å². The fraction of sp³-hybridized carbons (Fsp3) is 0. The first-order valence-electron chi connectivity index (χ1n) is 11.0. The Labute approximate surface area is 248 Å².